The van der Waals surface area contributed by atoms with Crippen molar-refractivity contribution >= 4 is 44.2 Å². The molecule has 0 aliphatic rings. The van der Waals surface area contributed by atoms with Crippen LogP contribution in [0.15, 0.2) is 364 Å². The van der Waals surface area contributed by atoms with E-state index in [1.54, 1.807) is 19.2 Å². The van der Waals surface area contributed by atoms with Crippen molar-refractivity contribution in [3.63, 3.8) is 0 Å². The highest BCUT2D eigenvalue weighted by molar-refractivity contribution is 7.88. The van der Waals surface area contributed by atoms with E-state index in [1.165, 1.54) is 34.4 Å². The Morgan fingerprint density at radius 3 is 0.708 bits per heavy atom. The van der Waals surface area contributed by atoms with Gasteiger partial charge in [-0.2, -0.15) is 21.6 Å². The summed E-state index contributed by atoms with van der Waals surface area (Å²) in [5.74, 6) is 0.366. The zero-order valence-corrected chi connectivity index (χ0v) is 53.0. The minimum Gasteiger partial charge on any atom is -0.497 e. The van der Waals surface area contributed by atoms with E-state index >= 15 is 0 Å². The van der Waals surface area contributed by atoms with Crippen molar-refractivity contribution in [2.24, 2.45) is 0 Å². The van der Waals surface area contributed by atoms with Crippen molar-refractivity contribution in [2.75, 3.05) is 16.9 Å². The maximum Gasteiger partial charge on any atom is 0.534 e. The van der Waals surface area contributed by atoms with Gasteiger partial charge in [0, 0.05) is 45.0 Å². The second-order valence-electron chi connectivity index (χ2n) is 22.7. The molecule has 0 aromatic heterocycles. The average molecular weight is 1280 g/mol. The van der Waals surface area contributed by atoms with E-state index in [1.807, 2.05) is 150 Å². The maximum atomic E-state index is 13.2. The molecule has 0 saturated carbocycles. The average Bonchev–Trinajstić information content (AvgIpc) is 0.762. The van der Waals surface area contributed by atoms with Crippen LogP contribution in [0.2, 0.25) is 0 Å². The minimum absolute atomic E-state index is 0.457. The largest absolute Gasteiger partial charge is 0.534 e. The Hall–Kier alpha value is -12.0. The number of alkyl halides is 3. The summed E-state index contributed by atoms with van der Waals surface area (Å²) in [6.07, 6.45) is 0. The molecular formula is C86H63F3N2O4S. The van der Waals surface area contributed by atoms with Crippen LogP contribution >= 0.6 is 0 Å². The van der Waals surface area contributed by atoms with E-state index in [9.17, 15) is 21.6 Å². The number of rotatable bonds is 17. The van der Waals surface area contributed by atoms with Gasteiger partial charge in [-0.3, -0.25) is 0 Å². The third-order valence-corrected chi connectivity index (χ3v) is 17.6. The summed E-state index contributed by atoms with van der Waals surface area (Å²) in [6.45, 7) is 0. The van der Waals surface area contributed by atoms with E-state index in [-0.39, 0.29) is 0 Å². The Labute approximate surface area is 558 Å². The van der Waals surface area contributed by atoms with Crippen molar-refractivity contribution in [1.82, 2.24) is 0 Å². The first-order valence-electron chi connectivity index (χ1n) is 31.3. The first-order chi connectivity index (χ1) is 47.0. The summed E-state index contributed by atoms with van der Waals surface area (Å²) >= 11 is 0. The molecule has 0 bridgehead atoms. The van der Waals surface area contributed by atoms with Crippen molar-refractivity contribution in [3.05, 3.63) is 364 Å². The van der Waals surface area contributed by atoms with Gasteiger partial charge in [0.05, 0.1) is 18.5 Å². The lowest BCUT2D eigenvalue weighted by Crippen LogP contribution is -2.28. The normalized spacial score (nSPS) is 11.2. The Balaban J connectivity index is 0.000000175. The summed E-state index contributed by atoms with van der Waals surface area (Å²) in [7, 11) is -4.14. The highest BCUT2D eigenvalue weighted by Gasteiger charge is 2.48. The number of benzene rings is 14. The molecule has 0 N–H and O–H groups in total. The van der Waals surface area contributed by atoms with Gasteiger partial charge >= 0.3 is 15.6 Å². The first kappa shape index (κ1) is 62.8. The molecule has 0 amide bonds. The van der Waals surface area contributed by atoms with Crippen LogP contribution in [0, 0.1) is 0 Å². The summed E-state index contributed by atoms with van der Waals surface area (Å²) in [4.78, 5) is 4.42. The molecule has 14 aromatic carbocycles. The van der Waals surface area contributed by atoms with Crippen LogP contribution in [0.4, 0.5) is 47.3 Å². The Bertz CT molecular complexity index is 4860. The number of anilines is 6. The number of nitrogens with zero attached hydrogens (tertiary/aromatic N) is 2. The lowest BCUT2D eigenvalue weighted by Gasteiger charge is -2.31. The summed E-state index contributed by atoms with van der Waals surface area (Å²) < 4.78 is 73.2. The maximum absolute atomic E-state index is 13.2. The molecule has 0 radical (unpaired) electrons. The van der Waals surface area contributed by atoms with E-state index in [0.717, 1.165) is 101 Å². The number of ether oxygens (including phenoxy) is 1. The van der Waals surface area contributed by atoms with Gasteiger partial charge in [-0.25, -0.2) is 0 Å². The summed E-state index contributed by atoms with van der Waals surface area (Å²) in [5, 5.41) is 0. The molecule has 0 heterocycles. The van der Waals surface area contributed by atoms with Crippen LogP contribution in [0.1, 0.15) is 0 Å². The highest BCUT2D eigenvalue weighted by Crippen LogP contribution is 2.51. The van der Waals surface area contributed by atoms with Crippen molar-refractivity contribution in [1.29, 1.82) is 0 Å². The zero-order chi connectivity index (χ0) is 65.9. The van der Waals surface area contributed by atoms with Crippen molar-refractivity contribution in [3.8, 4) is 101 Å². The third-order valence-electron chi connectivity index (χ3n) is 16.6. The molecule has 0 aliphatic heterocycles. The van der Waals surface area contributed by atoms with Crippen molar-refractivity contribution < 1.29 is 30.5 Å². The number of hydrogen-bond donors (Lipinski definition) is 0. The van der Waals surface area contributed by atoms with E-state index < -0.39 is 21.4 Å². The molecule has 14 rings (SSSR count). The molecule has 0 fully saturated rings. The smallest absolute Gasteiger partial charge is 0.497 e. The topological polar surface area (TPSA) is 59.1 Å². The van der Waals surface area contributed by atoms with Crippen LogP contribution < -0.4 is 18.7 Å². The van der Waals surface area contributed by atoms with E-state index in [0.29, 0.717) is 5.69 Å². The van der Waals surface area contributed by atoms with Gasteiger partial charge in [0.25, 0.3) is 0 Å². The van der Waals surface area contributed by atoms with Gasteiger partial charge in [-0.1, -0.05) is 267 Å². The fourth-order valence-electron chi connectivity index (χ4n) is 11.9. The summed E-state index contributed by atoms with van der Waals surface area (Å²) in [6, 6.07) is 122. The molecule has 0 aliphatic carbocycles. The molecular weight excluding hydrogens is 1210 g/mol. The van der Waals surface area contributed by atoms with Crippen molar-refractivity contribution in [2.45, 2.75) is 5.51 Å². The molecule has 0 atom stereocenters. The predicted octanol–water partition coefficient (Wildman–Crippen LogP) is 23.9. The number of methoxy groups -OCH3 is 1. The molecule has 6 nitrogen and oxygen atoms in total. The zero-order valence-electron chi connectivity index (χ0n) is 52.2. The van der Waals surface area contributed by atoms with Crippen LogP contribution in [0.25, 0.3) is 89.0 Å². The standard InChI is InChI=1S/C43H30F3NO3S.C43H33NO/c44-43(45,46)51(48,49)50-39-27-25-38(26-28-39)47(37-23-21-33(22-24-37)31-13-5-1-6-14-31)42-40(34-17-9-3-10-18-34)29-36(32-15-7-2-8-16-32)30-41(42)35-19-11-4-12-20-35;1-45-40-28-26-39(27-29-40)44(38-24-22-34(23-25-38)32-14-6-2-7-15-32)43-41(35-18-10-4-11-19-35)30-37(33-16-8-3-9-17-33)31-42(43)36-20-12-5-13-21-36/h1-30H;2-31H,1H3. The molecule has 0 saturated heterocycles. The number of halogens is 3. The van der Waals surface area contributed by atoms with Crippen LogP contribution in [-0.2, 0) is 10.1 Å². The van der Waals surface area contributed by atoms with Gasteiger partial charge in [0.1, 0.15) is 11.5 Å². The van der Waals surface area contributed by atoms with Gasteiger partial charge in [0.15, 0.2) is 0 Å². The fraction of sp³-hybridized carbons (Fsp3) is 0.0233. The Morgan fingerprint density at radius 2 is 0.469 bits per heavy atom. The highest BCUT2D eigenvalue weighted by atomic mass is 32.2. The Kier molecular flexibility index (Phi) is 18.6. The molecule has 10 heteroatoms. The second kappa shape index (κ2) is 28.5. The van der Waals surface area contributed by atoms with E-state index in [4.69, 9.17) is 4.74 Å². The van der Waals surface area contributed by atoms with Crippen LogP contribution in [-0.4, -0.2) is 21.0 Å². The van der Waals surface area contributed by atoms with Gasteiger partial charge in [-0.15, -0.1) is 0 Å². The van der Waals surface area contributed by atoms with E-state index in [2.05, 4.69) is 203 Å². The predicted molar refractivity (Wildman–Crippen MR) is 388 cm³/mol. The van der Waals surface area contributed by atoms with Gasteiger partial charge < -0.3 is 18.7 Å². The second-order valence-corrected chi connectivity index (χ2v) is 24.2. The molecule has 96 heavy (non-hydrogen) atoms. The van der Waals surface area contributed by atoms with Gasteiger partial charge in [0.2, 0.25) is 0 Å². The Morgan fingerprint density at radius 1 is 0.260 bits per heavy atom. The minimum atomic E-state index is -5.85. The van der Waals surface area contributed by atoms with Crippen LogP contribution in [0.3, 0.4) is 0 Å². The third kappa shape index (κ3) is 14.0. The lowest BCUT2D eigenvalue weighted by atomic mass is 9.89. The lowest BCUT2D eigenvalue weighted by molar-refractivity contribution is -0.0500. The first-order valence-corrected chi connectivity index (χ1v) is 32.7. The quantitative estimate of drug-likeness (QED) is 0.0669. The van der Waals surface area contributed by atoms with Gasteiger partial charge in [-0.05, 0) is 164 Å². The molecule has 14 aromatic rings. The SMILES string of the molecule is COc1ccc(N(c2ccc(-c3ccccc3)cc2)c2c(-c3ccccc3)cc(-c3ccccc3)cc2-c2ccccc2)cc1.O=S(=O)(Oc1ccc(N(c2ccc(-c3ccccc3)cc2)c2c(-c3ccccc3)cc(-c3ccccc3)cc2-c2ccccc2)cc1)C(F)(F)F. The molecule has 468 valence electrons. The fourth-order valence-corrected chi connectivity index (χ4v) is 12.4. The summed E-state index contributed by atoms with van der Waals surface area (Å²) in [5.41, 5.74) is 17.0. The molecule has 0 spiro atoms. The van der Waals surface area contributed by atoms with Crippen LogP contribution in [0.5, 0.6) is 11.5 Å². The monoisotopic (exact) mass is 1280 g/mol. The number of hydrogen-bond acceptors (Lipinski definition) is 6. The molecule has 0 unspecified atom stereocenters.